The van der Waals surface area contributed by atoms with Crippen molar-refractivity contribution in [2.24, 2.45) is 4.99 Å². The van der Waals surface area contributed by atoms with Crippen LogP contribution in [0.5, 0.6) is 0 Å². The summed E-state index contributed by atoms with van der Waals surface area (Å²) < 4.78 is 30.4. The molecule has 1 N–H and O–H groups in total. The minimum atomic E-state index is -0.695. The smallest absolute Gasteiger partial charge is 0.229 e. The van der Waals surface area contributed by atoms with E-state index in [1.54, 1.807) is 24.4 Å². The molecule has 0 saturated carbocycles. The molecule has 0 unspecified atom stereocenters. The molecule has 0 saturated heterocycles. The zero-order valence-corrected chi connectivity index (χ0v) is 19.0. The number of aromatic nitrogens is 3. The predicted molar refractivity (Wildman–Crippen MR) is 131 cm³/mol. The summed E-state index contributed by atoms with van der Waals surface area (Å²) in [6.07, 6.45) is 1.67. The van der Waals surface area contributed by atoms with Crippen molar-refractivity contribution in [2.45, 2.75) is 6.54 Å². The molecule has 34 heavy (non-hydrogen) atoms. The summed E-state index contributed by atoms with van der Waals surface area (Å²) in [5, 5.41) is 4.26. The molecule has 1 aliphatic heterocycles. The van der Waals surface area contributed by atoms with E-state index < -0.39 is 11.6 Å². The van der Waals surface area contributed by atoms with Gasteiger partial charge < -0.3 is 0 Å². The van der Waals surface area contributed by atoms with Crippen molar-refractivity contribution in [3.8, 4) is 11.3 Å². The Morgan fingerprint density at radius 2 is 1.74 bits per heavy atom. The second-order valence-electron chi connectivity index (χ2n) is 7.63. The number of fused-ring (bicyclic) bond motifs is 4. The maximum Gasteiger partial charge on any atom is 0.229 e. The molecule has 9 heteroatoms. The molecule has 6 rings (SSSR count). The Bertz CT molecular complexity index is 1560. The maximum absolute atomic E-state index is 14.7. The summed E-state index contributed by atoms with van der Waals surface area (Å²) in [5.74, 6) is -1.03. The second-order valence-corrected chi connectivity index (χ2v) is 9.10. The average molecular weight is 490 g/mol. The van der Waals surface area contributed by atoms with Gasteiger partial charge in [0.25, 0.3) is 0 Å². The Morgan fingerprint density at radius 1 is 0.912 bits per heavy atom. The Morgan fingerprint density at radius 3 is 2.56 bits per heavy atom. The first kappa shape index (κ1) is 20.8. The van der Waals surface area contributed by atoms with Gasteiger partial charge in [-0.05, 0) is 36.4 Å². The lowest BCUT2D eigenvalue weighted by atomic mass is 9.95. The second kappa shape index (κ2) is 8.23. The van der Waals surface area contributed by atoms with E-state index >= 15 is 0 Å². The van der Waals surface area contributed by atoms with Gasteiger partial charge in [-0.2, -0.15) is 0 Å². The molecule has 5 nitrogen and oxygen atoms in total. The molecule has 0 bridgehead atoms. The topological polar surface area (TPSA) is 63.1 Å². The van der Waals surface area contributed by atoms with E-state index in [1.165, 1.54) is 29.5 Å². The number of halogens is 3. The summed E-state index contributed by atoms with van der Waals surface area (Å²) in [6, 6.07) is 16.7. The minimum absolute atomic E-state index is 0.159. The largest absolute Gasteiger partial charge is 0.300 e. The van der Waals surface area contributed by atoms with Crippen molar-refractivity contribution in [1.82, 2.24) is 15.0 Å². The molecule has 0 fully saturated rings. The van der Waals surface area contributed by atoms with Gasteiger partial charge in [0.2, 0.25) is 5.95 Å². The lowest BCUT2D eigenvalue weighted by molar-refractivity contribution is 0.579. The monoisotopic (exact) mass is 489 g/mol. The van der Waals surface area contributed by atoms with Crippen molar-refractivity contribution in [3.05, 3.63) is 100 Å². The van der Waals surface area contributed by atoms with E-state index in [4.69, 9.17) is 16.6 Å². The molecule has 3 aromatic carbocycles. The number of anilines is 2. The first-order chi connectivity index (χ1) is 16.6. The molecule has 0 amide bonds. The van der Waals surface area contributed by atoms with Crippen LogP contribution in [0.15, 0.2) is 71.9 Å². The van der Waals surface area contributed by atoms with Crippen LogP contribution in [0.3, 0.4) is 0 Å². The third-order valence-corrected chi connectivity index (χ3v) is 6.66. The van der Waals surface area contributed by atoms with Crippen LogP contribution in [-0.2, 0) is 6.54 Å². The van der Waals surface area contributed by atoms with Crippen LogP contribution in [0.25, 0.3) is 21.5 Å². The van der Waals surface area contributed by atoms with Gasteiger partial charge >= 0.3 is 0 Å². The maximum atomic E-state index is 14.7. The van der Waals surface area contributed by atoms with Gasteiger partial charge in [0.05, 0.1) is 33.7 Å². The van der Waals surface area contributed by atoms with Gasteiger partial charge in [0.15, 0.2) is 5.13 Å². The number of para-hydroxylation sites is 1. The molecule has 0 aliphatic carbocycles. The number of benzene rings is 3. The van der Waals surface area contributed by atoms with E-state index in [0.29, 0.717) is 32.9 Å². The summed E-state index contributed by atoms with van der Waals surface area (Å²) in [7, 11) is 0. The van der Waals surface area contributed by atoms with Gasteiger partial charge in [-0.25, -0.2) is 23.7 Å². The normalized spacial score (nSPS) is 12.6. The van der Waals surface area contributed by atoms with E-state index in [-0.39, 0.29) is 17.8 Å². The zero-order valence-electron chi connectivity index (χ0n) is 17.4. The SMILES string of the molecule is Fc1cccc(F)c1C1=NCc2cnc(Nc3nc4ccccc4s3)nc2-c2ccc(Cl)cc21. The van der Waals surface area contributed by atoms with Crippen molar-refractivity contribution >= 4 is 49.9 Å². The molecule has 166 valence electrons. The number of hydrogen-bond acceptors (Lipinski definition) is 6. The Hall–Kier alpha value is -3.75. The highest BCUT2D eigenvalue weighted by atomic mass is 35.5. The number of aliphatic imine (C=N–C) groups is 1. The highest BCUT2D eigenvalue weighted by molar-refractivity contribution is 7.22. The van der Waals surface area contributed by atoms with Gasteiger partial charge in [-0.1, -0.05) is 47.2 Å². The predicted octanol–water partition coefficient (Wildman–Crippen LogP) is 6.78. The van der Waals surface area contributed by atoms with E-state index in [2.05, 4.69) is 20.3 Å². The van der Waals surface area contributed by atoms with Gasteiger partial charge in [-0.15, -0.1) is 0 Å². The number of rotatable bonds is 3. The first-order valence-electron chi connectivity index (χ1n) is 10.3. The minimum Gasteiger partial charge on any atom is -0.300 e. The number of nitrogens with zero attached hydrogens (tertiary/aromatic N) is 4. The summed E-state index contributed by atoms with van der Waals surface area (Å²) >= 11 is 7.77. The third-order valence-electron chi connectivity index (χ3n) is 5.48. The van der Waals surface area contributed by atoms with Crippen molar-refractivity contribution in [2.75, 3.05) is 5.32 Å². The Balaban J connectivity index is 1.47. The van der Waals surface area contributed by atoms with Crippen LogP contribution < -0.4 is 5.32 Å². The standard InChI is InChI=1S/C25H14ClF2N5S/c26-14-8-9-15-16(10-14)23(21-17(27)4-3-5-18(21)28)29-11-13-12-30-24(32-22(13)15)33-25-31-19-6-1-2-7-20(19)34-25/h1-10,12H,11H2,(H,30,31,32,33). The molecule has 0 radical (unpaired) electrons. The van der Waals surface area contributed by atoms with Crippen LogP contribution in [0, 0.1) is 11.6 Å². The van der Waals surface area contributed by atoms with E-state index in [9.17, 15) is 8.78 Å². The summed E-state index contributed by atoms with van der Waals surface area (Å²) in [5.41, 5.74) is 3.37. The van der Waals surface area contributed by atoms with Gasteiger partial charge in [0.1, 0.15) is 11.6 Å². The fourth-order valence-corrected chi connectivity index (χ4v) is 4.97. The van der Waals surface area contributed by atoms with Crippen molar-refractivity contribution < 1.29 is 8.78 Å². The molecule has 0 atom stereocenters. The molecule has 5 aromatic rings. The molecule has 3 heterocycles. The van der Waals surface area contributed by atoms with Crippen LogP contribution in [0.2, 0.25) is 5.02 Å². The van der Waals surface area contributed by atoms with E-state index in [1.807, 2.05) is 24.3 Å². The first-order valence-corrected chi connectivity index (χ1v) is 11.5. The highest BCUT2D eigenvalue weighted by Crippen LogP contribution is 2.35. The average Bonchev–Trinajstić information content (AvgIpc) is 3.17. The third kappa shape index (κ3) is 3.61. The van der Waals surface area contributed by atoms with E-state index in [0.717, 1.165) is 15.8 Å². The van der Waals surface area contributed by atoms with Crippen LogP contribution in [-0.4, -0.2) is 20.7 Å². The zero-order chi connectivity index (χ0) is 23.2. The number of hydrogen-bond donors (Lipinski definition) is 1. The number of thiazole rings is 1. The quantitative estimate of drug-likeness (QED) is 0.303. The molecular formula is C25H14ClF2N5S. The van der Waals surface area contributed by atoms with Crippen molar-refractivity contribution in [1.29, 1.82) is 0 Å². The van der Waals surface area contributed by atoms with Gasteiger partial charge in [0, 0.05) is 27.9 Å². The molecule has 1 aliphatic rings. The molecule has 2 aromatic heterocycles. The Labute approximate surface area is 201 Å². The fourth-order valence-electron chi connectivity index (χ4n) is 3.94. The molecular weight excluding hydrogens is 476 g/mol. The van der Waals surface area contributed by atoms with Gasteiger partial charge in [-0.3, -0.25) is 10.3 Å². The lowest BCUT2D eigenvalue weighted by Crippen LogP contribution is -2.10. The summed E-state index contributed by atoms with van der Waals surface area (Å²) in [6.45, 7) is 0.159. The lowest BCUT2D eigenvalue weighted by Gasteiger charge is -2.13. The van der Waals surface area contributed by atoms with Crippen LogP contribution >= 0.6 is 22.9 Å². The van der Waals surface area contributed by atoms with Crippen molar-refractivity contribution in [3.63, 3.8) is 0 Å². The number of nitrogens with one attached hydrogen (secondary N) is 1. The fraction of sp³-hybridized carbons (Fsp3) is 0.0400. The summed E-state index contributed by atoms with van der Waals surface area (Å²) in [4.78, 5) is 18.3. The Kier molecular flexibility index (Phi) is 5.04. The van der Waals surface area contributed by atoms with Crippen LogP contribution in [0.1, 0.15) is 16.7 Å². The van der Waals surface area contributed by atoms with Crippen LogP contribution in [0.4, 0.5) is 19.9 Å². The highest BCUT2D eigenvalue weighted by Gasteiger charge is 2.25. The molecule has 0 spiro atoms.